The molecule has 31 heavy (non-hydrogen) atoms. The Morgan fingerprint density at radius 3 is 2.10 bits per heavy atom. The molecule has 174 valence electrons. The number of benzene rings is 1. The molecule has 6 nitrogen and oxygen atoms in total. The Hall–Kier alpha value is -1.44. The number of likely N-dealkylation sites (tertiary alicyclic amines) is 1. The van der Waals surface area contributed by atoms with Crippen LogP contribution in [0.3, 0.4) is 0 Å². The maximum Gasteiger partial charge on any atom is 0.243 e. The average Bonchev–Trinajstić information content (AvgIpc) is 2.72. The van der Waals surface area contributed by atoms with Gasteiger partial charge in [0.25, 0.3) is 0 Å². The molecule has 2 heterocycles. The largest absolute Gasteiger partial charge is 0.354 e. The van der Waals surface area contributed by atoms with Gasteiger partial charge in [-0.15, -0.1) is 0 Å². The van der Waals surface area contributed by atoms with Gasteiger partial charge < -0.3 is 5.32 Å². The minimum atomic E-state index is -3.54. The van der Waals surface area contributed by atoms with Crippen molar-refractivity contribution < 1.29 is 13.2 Å². The van der Waals surface area contributed by atoms with E-state index in [4.69, 9.17) is 0 Å². The summed E-state index contributed by atoms with van der Waals surface area (Å²) in [7, 11) is -3.54. The van der Waals surface area contributed by atoms with E-state index in [0.717, 1.165) is 29.8 Å². The van der Waals surface area contributed by atoms with Crippen LogP contribution in [0.15, 0.2) is 17.0 Å². The van der Waals surface area contributed by atoms with Gasteiger partial charge >= 0.3 is 0 Å². The molecule has 2 fully saturated rings. The summed E-state index contributed by atoms with van der Waals surface area (Å²) in [5.74, 6) is -0.0614. The van der Waals surface area contributed by atoms with Gasteiger partial charge in [0.1, 0.15) is 0 Å². The normalized spacial score (nSPS) is 20.0. The second kappa shape index (κ2) is 9.59. The van der Waals surface area contributed by atoms with Crippen molar-refractivity contribution in [1.29, 1.82) is 0 Å². The van der Waals surface area contributed by atoms with Crippen LogP contribution in [0.25, 0.3) is 0 Å². The lowest BCUT2D eigenvalue weighted by Gasteiger charge is -2.41. The lowest BCUT2D eigenvalue weighted by Crippen LogP contribution is -2.54. The number of nitrogens with zero attached hydrogens (tertiary/aromatic N) is 2. The average molecular weight is 450 g/mol. The molecule has 2 aliphatic rings. The number of hydrogen-bond donors (Lipinski definition) is 1. The Morgan fingerprint density at radius 1 is 1.00 bits per heavy atom. The first kappa shape index (κ1) is 24.2. The van der Waals surface area contributed by atoms with Crippen LogP contribution < -0.4 is 5.32 Å². The molecule has 0 unspecified atom stereocenters. The van der Waals surface area contributed by atoms with Gasteiger partial charge in [-0.05, 0) is 84.5 Å². The number of amides is 1. The van der Waals surface area contributed by atoms with Crippen LogP contribution >= 0.6 is 0 Å². The van der Waals surface area contributed by atoms with Gasteiger partial charge in [0.05, 0.1) is 4.90 Å². The minimum Gasteiger partial charge on any atom is -0.354 e. The van der Waals surface area contributed by atoms with Crippen LogP contribution in [0, 0.1) is 26.7 Å². The number of piperidine rings is 2. The summed E-state index contributed by atoms with van der Waals surface area (Å²) in [5.41, 5.74) is 2.59. The summed E-state index contributed by atoms with van der Waals surface area (Å²) < 4.78 is 28.1. The highest BCUT2D eigenvalue weighted by molar-refractivity contribution is 7.89. The zero-order valence-corrected chi connectivity index (χ0v) is 20.6. The summed E-state index contributed by atoms with van der Waals surface area (Å²) in [6, 6.07) is 3.84. The van der Waals surface area contributed by atoms with E-state index in [2.05, 4.69) is 24.1 Å². The molecule has 0 radical (unpaired) electrons. The van der Waals surface area contributed by atoms with Crippen molar-refractivity contribution in [2.45, 2.75) is 77.2 Å². The predicted octanol–water partition coefficient (Wildman–Crippen LogP) is 3.39. The zero-order chi connectivity index (χ0) is 22.8. The maximum absolute atomic E-state index is 13.3. The van der Waals surface area contributed by atoms with Crippen molar-refractivity contribution in [2.24, 2.45) is 5.92 Å². The SMILES string of the molecule is Cc1cc(C)c(S(=O)(=O)N2CCC(C(=O)NCC(C)(C)N3CCCCC3)CC2)c(C)c1. The highest BCUT2D eigenvalue weighted by atomic mass is 32.2. The number of sulfonamides is 1. The summed E-state index contributed by atoms with van der Waals surface area (Å²) in [5, 5.41) is 3.15. The number of hydrogen-bond acceptors (Lipinski definition) is 4. The molecule has 2 saturated heterocycles. The smallest absolute Gasteiger partial charge is 0.243 e. The molecule has 0 aromatic heterocycles. The lowest BCUT2D eigenvalue weighted by atomic mass is 9.95. The highest BCUT2D eigenvalue weighted by Gasteiger charge is 2.35. The van der Waals surface area contributed by atoms with Gasteiger partial charge in [0.2, 0.25) is 15.9 Å². The van der Waals surface area contributed by atoms with Gasteiger partial charge in [-0.1, -0.05) is 24.1 Å². The summed E-state index contributed by atoms with van der Waals surface area (Å²) >= 11 is 0. The van der Waals surface area contributed by atoms with Crippen molar-refractivity contribution in [3.63, 3.8) is 0 Å². The van der Waals surface area contributed by atoms with E-state index >= 15 is 0 Å². The molecular formula is C24H39N3O3S. The minimum absolute atomic E-state index is 0.0549. The second-order valence-electron chi connectivity index (χ2n) is 9.98. The second-order valence-corrected chi connectivity index (χ2v) is 11.9. The third-order valence-corrected chi connectivity index (χ3v) is 9.14. The van der Waals surface area contributed by atoms with E-state index in [-0.39, 0.29) is 17.4 Å². The number of aryl methyl sites for hydroxylation is 3. The molecule has 0 atom stereocenters. The quantitative estimate of drug-likeness (QED) is 0.723. The monoisotopic (exact) mass is 449 g/mol. The Morgan fingerprint density at radius 2 is 1.55 bits per heavy atom. The van der Waals surface area contributed by atoms with E-state index in [9.17, 15) is 13.2 Å². The van der Waals surface area contributed by atoms with Gasteiger partial charge in [-0.2, -0.15) is 4.31 Å². The molecule has 0 aliphatic carbocycles. The van der Waals surface area contributed by atoms with E-state index in [1.54, 1.807) is 4.31 Å². The van der Waals surface area contributed by atoms with Gasteiger partial charge in [-0.3, -0.25) is 9.69 Å². The third kappa shape index (κ3) is 5.49. The molecule has 3 rings (SSSR count). The van der Waals surface area contributed by atoms with Gasteiger partial charge in [0, 0.05) is 31.1 Å². The van der Waals surface area contributed by atoms with Gasteiger partial charge in [-0.25, -0.2) is 8.42 Å². The maximum atomic E-state index is 13.3. The number of carbonyl (C=O) groups excluding carboxylic acids is 1. The molecule has 7 heteroatoms. The van der Waals surface area contributed by atoms with Crippen LogP contribution in [0.4, 0.5) is 0 Å². The number of carbonyl (C=O) groups is 1. The summed E-state index contributed by atoms with van der Waals surface area (Å²) in [4.78, 5) is 15.7. The third-order valence-electron chi connectivity index (χ3n) is 6.93. The molecule has 0 bridgehead atoms. The molecule has 1 amide bonds. The fourth-order valence-corrected chi connectivity index (χ4v) is 7.00. The highest BCUT2D eigenvalue weighted by Crippen LogP contribution is 2.29. The van der Waals surface area contributed by atoms with Crippen LogP contribution in [-0.4, -0.2) is 61.8 Å². The van der Waals surface area contributed by atoms with Crippen LogP contribution in [0.2, 0.25) is 0 Å². The molecule has 0 saturated carbocycles. The Bertz CT molecular complexity index is 874. The number of nitrogens with one attached hydrogen (secondary N) is 1. The van der Waals surface area contributed by atoms with Crippen LogP contribution in [0.5, 0.6) is 0 Å². The molecule has 2 aliphatic heterocycles. The fourth-order valence-electron chi connectivity index (χ4n) is 5.12. The standard InChI is InChI=1S/C24H39N3O3S/c1-18-15-19(2)22(20(3)16-18)31(29,30)27-13-9-21(10-14-27)23(28)25-17-24(4,5)26-11-7-6-8-12-26/h15-16,21H,6-14,17H2,1-5H3,(H,25,28). The first-order chi connectivity index (χ1) is 14.5. The Kier molecular flexibility index (Phi) is 7.49. The van der Waals surface area contributed by atoms with Crippen LogP contribution in [-0.2, 0) is 14.8 Å². The summed E-state index contributed by atoms with van der Waals surface area (Å²) in [6.45, 7) is 13.7. The summed E-state index contributed by atoms with van der Waals surface area (Å²) in [6.07, 6.45) is 4.88. The van der Waals surface area contributed by atoms with E-state index in [1.165, 1.54) is 19.3 Å². The molecule has 1 N–H and O–H groups in total. The van der Waals surface area contributed by atoms with Crippen molar-refractivity contribution >= 4 is 15.9 Å². The zero-order valence-electron chi connectivity index (χ0n) is 19.8. The van der Waals surface area contributed by atoms with E-state index in [0.29, 0.717) is 37.4 Å². The Labute approximate surface area is 188 Å². The molecule has 0 spiro atoms. The lowest BCUT2D eigenvalue weighted by molar-refractivity contribution is -0.126. The van der Waals surface area contributed by atoms with Gasteiger partial charge in [0.15, 0.2) is 0 Å². The van der Waals surface area contributed by atoms with Crippen molar-refractivity contribution in [1.82, 2.24) is 14.5 Å². The first-order valence-electron chi connectivity index (χ1n) is 11.6. The molecule has 1 aromatic carbocycles. The Balaban J connectivity index is 1.57. The topological polar surface area (TPSA) is 69.7 Å². The fraction of sp³-hybridized carbons (Fsp3) is 0.708. The van der Waals surface area contributed by atoms with E-state index in [1.807, 2.05) is 32.9 Å². The predicted molar refractivity (Wildman–Crippen MR) is 125 cm³/mol. The van der Waals surface area contributed by atoms with E-state index < -0.39 is 10.0 Å². The molecular weight excluding hydrogens is 410 g/mol. The first-order valence-corrected chi connectivity index (χ1v) is 13.1. The van der Waals surface area contributed by atoms with Crippen molar-refractivity contribution in [3.8, 4) is 0 Å². The van der Waals surface area contributed by atoms with Crippen molar-refractivity contribution in [2.75, 3.05) is 32.7 Å². The molecule has 1 aromatic rings. The number of rotatable bonds is 6. The van der Waals surface area contributed by atoms with Crippen LogP contribution in [0.1, 0.15) is 62.6 Å². The van der Waals surface area contributed by atoms with Crippen molar-refractivity contribution in [3.05, 3.63) is 28.8 Å².